The number of amides is 1. The molecular weight excluding hydrogens is 516 g/mol. The molecule has 190 valence electrons. The van der Waals surface area contributed by atoms with Gasteiger partial charge in [0.05, 0.1) is 17.9 Å². The Kier molecular flexibility index (Phi) is 8.87. The summed E-state index contributed by atoms with van der Waals surface area (Å²) in [4.78, 5) is 26.8. The first-order valence-corrected chi connectivity index (χ1v) is 14.1. The van der Waals surface area contributed by atoms with Crippen LogP contribution >= 0.6 is 34.7 Å². The average Bonchev–Trinajstić information content (AvgIpc) is 3.39. The summed E-state index contributed by atoms with van der Waals surface area (Å²) >= 11 is 8.79. The number of ether oxygens (including phenoxy) is 1. The lowest BCUT2D eigenvalue weighted by molar-refractivity contribution is -0.113. The number of hydrogen-bond acceptors (Lipinski definition) is 7. The Bertz CT molecular complexity index is 1250. The van der Waals surface area contributed by atoms with Crippen molar-refractivity contribution < 1.29 is 14.3 Å². The summed E-state index contributed by atoms with van der Waals surface area (Å²) in [6, 6.07) is 7.60. The van der Waals surface area contributed by atoms with E-state index in [0.717, 1.165) is 41.1 Å². The number of fused-ring (bicyclic) bond motifs is 1. The molecule has 2 heterocycles. The van der Waals surface area contributed by atoms with Gasteiger partial charge in [0.15, 0.2) is 5.16 Å². The molecule has 0 radical (unpaired) electrons. The highest BCUT2D eigenvalue weighted by Gasteiger charge is 2.29. The Morgan fingerprint density at radius 3 is 2.83 bits per heavy atom. The Balaban J connectivity index is 1.47. The van der Waals surface area contributed by atoms with E-state index in [4.69, 9.17) is 16.3 Å². The third-order valence-electron chi connectivity index (χ3n) is 5.96. The SMILES string of the molecule is C=CCn1c(Cc2ccc(Cl)cc2)nnc1SCC(=O)Nc1sc2c(c1C(=O)OCC)CCC(C)C2. The molecule has 7 nitrogen and oxygen atoms in total. The number of hydrogen-bond donors (Lipinski definition) is 1. The van der Waals surface area contributed by atoms with Crippen LogP contribution in [0.1, 0.15) is 52.5 Å². The number of halogens is 1. The molecule has 4 rings (SSSR count). The highest BCUT2D eigenvalue weighted by atomic mass is 35.5. The fraction of sp³-hybridized carbons (Fsp3) is 0.385. The van der Waals surface area contributed by atoms with Gasteiger partial charge in [-0.05, 0) is 55.4 Å². The van der Waals surface area contributed by atoms with E-state index in [9.17, 15) is 9.59 Å². The van der Waals surface area contributed by atoms with Gasteiger partial charge < -0.3 is 14.6 Å². The first kappa shape index (κ1) is 26.4. The van der Waals surface area contributed by atoms with Crippen molar-refractivity contribution in [2.75, 3.05) is 17.7 Å². The number of carbonyl (C=O) groups excluding carboxylic acids is 2. The van der Waals surface area contributed by atoms with Crippen LogP contribution in [0.15, 0.2) is 42.1 Å². The van der Waals surface area contributed by atoms with Crippen LogP contribution in [-0.4, -0.2) is 39.0 Å². The predicted octanol–water partition coefficient (Wildman–Crippen LogP) is 5.80. The second-order valence-electron chi connectivity index (χ2n) is 8.71. The van der Waals surface area contributed by atoms with Gasteiger partial charge in [-0.15, -0.1) is 28.1 Å². The van der Waals surface area contributed by atoms with E-state index in [-0.39, 0.29) is 17.6 Å². The van der Waals surface area contributed by atoms with Crippen LogP contribution in [0.4, 0.5) is 5.00 Å². The number of nitrogens with zero attached hydrogens (tertiary/aromatic N) is 3. The molecule has 1 atom stereocenters. The number of anilines is 1. The summed E-state index contributed by atoms with van der Waals surface area (Å²) in [5.74, 6) is 0.903. The van der Waals surface area contributed by atoms with Crippen LogP contribution in [0.5, 0.6) is 0 Å². The maximum atomic E-state index is 12.9. The number of carbonyl (C=O) groups is 2. The molecule has 0 saturated heterocycles. The minimum absolute atomic E-state index is 0.136. The van der Waals surface area contributed by atoms with Crippen LogP contribution in [0.3, 0.4) is 0 Å². The monoisotopic (exact) mass is 544 g/mol. The zero-order chi connectivity index (χ0) is 25.7. The van der Waals surface area contributed by atoms with E-state index in [1.165, 1.54) is 23.1 Å². The number of thioether (sulfide) groups is 1. The molecule has 36 heavy (non-hydrogen) atoms. The van der Waals surface area contributed by atoms with Crippen molar-refractivity contribution in [3.05, 3.63) is 69.3 Å². The number of nitrogens with one attached hydrogen (secondary N) is 1. The Labute approximate surface area is 224 Å². The summed E-state index contributed by atoms with van der Waals surface area (Å²) in [7, 11) is 0. The van der Waals surface area contributed by atoms with E-state index in [1.54, 1.807) is 13.0 Å². The second kappa shape index (κ2) is 12.1. The maximum absolute atomic E-state index is 12.9. The Hall–Kier alpha value is -2.62. The minimum Gasteiger partial charge on any atom is -0.462 e. The van der Waals surface area contributed by atoms with E-state index in [2.05, 4.69) is 29.0 Å². The van der Waals surface area contributed by atoms with Gasteiger partial charge in [-0.2, -0.15) is 0 Å². The number of aromatic nitrogens is 3. The fourth-order valence-electron chi connectivity index (χ4n) is 4.20. The van der Waals surface area contributed by atoms with E-state index < -0.39 is 0 Å². The summed E-state index contributed by atoms with van der Waals surface area (Å²) in [5, 5.41) is 13.5. The smallest absolute Gasteiger partial charge is 0.341 e. The zero-order valence-electron chi connectivity index (χ0n) is 20.4. The van der Waals surface area contributed by atoms with Crippen molar-refractivity contribution in [3.8, 4) is 0 Å². The molecule has 1 amide bonds. The molecule has 0 aliphatic heterocycles. The maximum Gasteiger partial charge on any atom is 0.341 e. The fourth-order valence-corrected chi connectivity index (χ4v) is 6.51. The largest absolute Gasteiger partial charge is 0.462 e. The molecule has 0 spiro atoms. The summed E-state index contributed by atoms with van der Waals surface area (Å²) < 4.78 is 7.26. The van der Waals surface area contributed by atoms with Crippen molar-refractivity contribution in [1.29, 1.82) is 0 Å². The Morgan fingerprint density at radius 1 is 1.33 bits per heavy atom. The lowest BCUT2D eigenvalue weighted by Crippen LogP contribution is -2.18. The molecule has 1 aromatic carbocycles. The summed E-state index contributed by atoms with van der Waals surface area (Å²) in [5.41, 5.74) is 2.60. The molecule has 2 aromatic heterocycles. The first-order valence-electron chi connectivity index (χ1n) is 11.9. The van der Waals surface area contributed by atoms with Crippen molar-refractivity contribution >= 4 is 51.6 Å². The van der Waals surface area contributed by atoms with Crippen LogP contribution in [0, 0.1) is 5.92 Å². The number of benzene rings is 1. The predicted molar refractivity (Wildman–Crippen MR) is 145 cm³/mol. The van der Waals surface area contributed by atoms with Crippen molar-refractivity contribution in [2.45, 2.75) is 51.2 Å². The molecule has 0 fully saturated rings. The van der Waals surface area contributed by atoms with Gasteiger partial charge in [0.2, 0.25) is 5.91 Å². The molecule has 1 aliphatic rings. The summed E-state index contributed by atoms with van der Waals surface area (Å²) in [6.07, 6.45) is 5.13. The van der Waals surface area contributed by atoms with Gasteiger partial charge in [0, 0.05) is 22.9 Å². The molecule has 1 N–H and O–H groups in total. The van der Waals surface area contributed by atoms with Gasteiger partial charge >= 0.3 is 5.97 Å². The second-order valence-corrected chi connectivity index (χ2v) is 11.2. The molecule has 0 saturated carbocycles. The molecule has 1 aliphatic carbocycles. The number of thiophene rings is 1. The summed E-state index contributed by atoms with van der Waals surface area (Å²) in [6.45, 7) is 8.66. The van der Waals surface area contributed by atoms with Crippen LogP contribution in [0.25, 0.3) is 0 Å². The normalized spacial score (nSPS) is 14.8. The van der Waals surface area contributed by atoms with Gasteiger partial charge in [0.1, 0.15) is 10.8 Å². The van der Waals surface area contributed by atoms with Crippen LogP contribution < -0.4 is 5.32 Å². The van der Waals surface area contributed by atoms with Crippen molar-refractivity contribution in [2.24, 2.45) is 5.92 Å². The quantitative estimate of drug-likeness (QED) is 0.197. The highest BCUT2D eigenvalue weighted by molar-refractivity contribution is 7.99. The number of rotatable bonds is 10. The Morgan fingerprint density at radius 2 is 2.11 bits per heavy atom. The average molecular weight is 545 g/mol. The lowest BCUT2D eigenvalue weighted by atomic mass is 9.88. The first-order chi connectivity index (χ1) is 17.4. The van der Waals surface area contributed by atoms with Gasteiger partial charge in [0.25, 0.3) is 0 Å². The topological polar surface area (TPSA) is 86.1 Å². The lowest BCUT2D eigenvalue weighted by Gasteiger charge is -2.18. The number of allylic oxidation sites excluding steroid dienone is 1. The standard InChI is InChI=1S/C26H29ClN4O3S2/c1-4-12-31-21(14-17-7-9-18(27)10-8-17)29-30-26(31)35-15-22(32)28-24-23(25(33)34-5-2)19-11-6-16(3)13-20(19)36-24/h4,7-10,16H,1,5-6,11-15H2,2-3H3,(H,28,32). The highest BCUT2D eigenvalue weighted by Crippen LogP contribution is 2.40. The van der Waals surface area contributed by atoms with Crippen molar-refractivity contribution in [3.63, 3.8) is 0 Å². The van der Waals surface area contributed by atoms with Crippen molar-refractivity contribution in [1.82, 2.24) is 14.8 Å². The van der Waals surface area contributed by atoms with E-state index >= 15 is 0 Å². The van der Waals surface area contributed by atoms with Crippen LogP contribution in [0.2, 0.25) is 5.02 Å². The van der Waals surface area contributed by atoms with Gasteiger partial charge in [-0.3, -0.25) is 4.79 Å². The minimum atomic E-state index is -0.370. The third kappa shape index (κ3) is 6.19. The third-order valence-corrected chi connectivity index (χ3v) is 8.35. The molecular formula is C26H29ClN4O3S2. The number of esters is 1. The molecule has 10 heteroatoms. The molecule has 0 bridgehead atoms. The van der Waals surface area contributed by atoms with E-state index in [1.807, 2.05) is 28.8 Å². The molecule has 3 aromatic rings. The zero-order valence-corrected chi connectivity index (χ0v) is 22.8. The molecule has 1 unspecified atom stereocenters. The van der Waals surface area contributed by atoms with Crippen LogP contribution in [-0.2, 0) is 35.3 Å². The van der Waals surface area contributed by atoms with E-state index in [0.29, 0.717) is 46.2 Å². The van der Waals surface area contributed by atoms with Gasteiger partial charge in [-0.25, -0.2) is 4.79 Å². The van der Waals surface area contributed by atoms with Gasteiger partial charge in [-0.1, -0.05) is 48.5 Å².